The second-order valence-corrected chi connectivity index (χ2v) is 7.62. The number of anilines is 1. The van der Waals surface area contributed by atoms with Gasteiger partial charge in [-0.25, -0.2) is 4.79 Å². The largest absolute Gasteiger partial charge is 0.493 e. The summed E-state index contributed by atoms with van der Waals surface area (Å²) >= 11 is 2.20. The molecule has 1 aliphatic heterocycles. The molecule has 0 radical (unpaired) electrons. The van der Waals surface area contributed by atoms with E-state index in [1.54, 1.807) is 26.2 Å². The van der Waals surface area contributed by atoms with E-state index >= 15 is 0 Å². The van der Waals surface area contributed by atoms with E-state index in [9.17, 15) is 9.59 Å². The third-order valence-electron chi connectivity index (χ3n) is 4.44. The van der Waals surface area contributed by atoms with Gasteiger partial charge in [0, 0.05) is 15.0 Å². The highest BCUT2D eigenvalue weighted by Crippen LogP contribution is 2.34. The number of carbonyl (C=O) groups is 2. The van der Waals surface area contributed by atoms with Crippen molar-refractivity contribution in [1.29, 1.82) is 0 Å². The Morgan fingerprint density at radius 2 is 1.90 bits per heavy atom. The second kappa shape index (κ2) is 9.17. The van der Waals surface area contributed by atoms with E-state index in [-0.39, 0.29) is 11.9 Å². The van der Waals surface area contributed by atoms with E-state index in [1.165, 1.54) is 0 Å². The van der Waals surface area contributed by atoms with Gasteiger partial charge in [0.2, 0.25) is 0 Å². The lowest BCUT2D eigenvalue weighted by molar-refractivity contribution is -0.113. The summed E-state index contributed by atoms with van der Waals surface area (Å²) in [5.74, 6) is 0.839. The van der Waals surface area contributed by atoms with Gasteiger partial charge in [0.1, 0.15) is 0 Å². The Morgan fingerprint density at radius 1 is 1.17 bits per heavy atom. The molecule has 1 heterocycles. The fourth-order valence-corrected chi connectivity index (χ4v) is 3.47. The first kappa shape index (κ1) is 21.0. The zero-order valence-corrected chi connectivity index (χ0v) is 18.5. The quantitative estimate of drug-likeness (QED) is 0.517. The van der Waals surface area contributed by atoms with Gasteiger partial charge in [0.15, 0.2) is 11.5 Å². The number of hydrogen-bond donors (Lipinski definition) is 3. The summed E-state index contributed by atoms with van der Waals surface area (Å²) < 4.78 is 12.0. The van der Waals surface area contributed by atoms with Crippen molar-refractivity contribution in [3.8, 4) is 11.5 Å². The molecule has 1 aliphatic rings. The van der Waals surface area contributed by atoms with Gasteiger partial charge >= 0.3 is 6.03 Å². The molecule has 3 amide bonds. The summed E-state index contributed by atoms with van der Waals surface area (Å²) in [5, 5.41) is 8.40. The normalized spacial score (nSPS) is 16.0. The molecule has 1 atom stereocenters. The first-order chi connectivity index (χ1) is 13.9. The summed E-state index contributed by atoms with van der Waals surface area (Å²) in [6.07, 6.45) is 0. The minimum Gasteiger partial charge on any atom is -0.493 e. The number of allylic oxidation sites excluding steroid dienone is 1. The SMILES string of the molecule is CCOc1ccc([C@@H]2NC(=O)NC(C)=C2C(=O)Nc2ccc(I)cc2)cc1OC. The van der Waals surface area contributed by atoms with E-state index in [1.807, 2.05) is 37.3 Å². The smallest absolute Gasteiger partial charge is 0.319 e. The highest BCUT2D eigenvalue weighted by Gasteiger charge is 2.31. The molecular formula is C21H22IN3O4. The van der Waals surface area contributed by atoms with Gasteiger partial charge in [0.05, 0.1) is 25.3 Å². The van der Waals surface area contributed by atoms with Crippen LogP contribution in [0, 0.1) is 3.57 Å². The number of rotatable bonds is 6. The van der Waals surface area contributed by atoms with Crippen LogP contribution in [-0.4, -0.2) is 25.7 Å². The van der Waals surface area contributed by atoms with Crippen molar-refractivity contribution in [2.24, 2.45) is 0 Å². The van der Waals surface area contributed by atoms with E-state index in [4.69, 9.17) is 9.47 Å². The number of urea groups is 1. The van der Waals surface area contributed by atoms with Crippen molar-refractivity contribution >= 4 is 40.2 Å². The van der Waals surface area contributed by atoms with Gasteiger partial charge < -0.3 is 25.4 Å². The van der Waals surface area contributed by atoms with Crippen LogP contribution < -0.4 is 25.4 Å². The van der Waals surface area contributed by atoms with Crippen LogP contribution in [0.4, 0.5) is 10.5 Å². The number of methoxy groups -OCH3 is 1. The Hall–Kier alpha value is -2.75. The van der Waals surface area contributed by atoms with Crippen molar-refractivity contribution < 1.29 is 19.1 Å². The zero-order valence-electron chi connectivity index (χ0n) is 16.3. The van der Waals surface area contributed by atoms with E-state index in [0.29, 0.717) is 40.6 Å². The summed E-state index contributed by atoms with van der Waals surface area (Å²) in [5.41, 5.74) is 2.31. The maximum absolute atomic E-state index is 13.1. The molecule has 3 N–H and O–H groups in total. The summed E-state index contributed by atoms with van der Waals surface area (Å²) in [7, 11) is 1.55. The molecule has 0 aromatic heterocycles. The molecule has 29 heavy (non-hydrogen) atoms. The summed E-state index contributed by atoms with van der Waals surface area (Å²) in [6, 6.07) is 11.8. The van der Waals surface area contributed by atoms with Crippen LogP contribution in [0.15, 0.2) is 53.7 Å². The van der Waals surface area contributed by atoms with Crippen molar-refractivity contribution in [3.05, 3.63) is 62.9 Å². The molecule has 152 valence electrons. The molecule has 0 spiro atoms. The number of carbonyl (C=O) groups excluding carboxylic acids is 2. The monoisotopic (exact) mass is 507 g/mol. The van der Waals surface area contributed by atoms with Crippen LogP contribution in [0.1, 0.15) is 25.5 Å². The predicted molar refractivity (Wildman–Crippen MR) is 119 cm³/mol. The molecule has 0 saturated heterocycles. The Balaban J connectivity index is 1.95. The van der Waals surface area contributed by atoms with Gasteiger partial charge in [-0.3, -0.25) is 4.79 Å². The number of hydrogen-bond acceptors (Lipinski definition) is 4. The Bertz CT molecular complexity index is 957. The molecule has 2 aromatic rings. The molecule has 2 aromatic carbocycles. The maximum atomic E-state index is 13.1. The van der Waals surface area contributed by atoms with Crippen LogP contribution in [0.25, 0.3) is 0 Å². The van der Waals surface area contributed by atoms with Crippen molar-refractivity contribution in [3.63, 3.8) is 0 Å². The third-order valence-corrected chi connectivity index (χ3v) is 5.16. The third kappa shape index (κ3) is 4.81. The molecule has 3 rings (SSSR count). The van der Waals surface area contributed by atoms with Gasteiger partial charge in [-0.1, -0.05) is 6.07 Å². The lowest BCUT2D eigenvalue weighted by Gasteiger charge is -2.29. The first-order valence-electron chi connectivity index (χ1n) is 9.08. The molecule has 7 nitrogen and oxygen atoms in total. The van der Waals surface area contributed by atoms with Gasteiger partial charge in [-0.15, -0.1) is 0 Å². The van der Waals surface area contributed by atoms with Gasteiger partial charge in [0.25, 0.3) is 5.91 Å². The molecule has 0 fully saturated rings. The number of nitrogens with one attached hydrogen (secondary N) is 3. The van der Waals surface area contributed by atoms with Crippen molar-refractivity contribution in [2.75, 3.05) is 19.0 Å². The molecule has 0 unspecified atom stereocenters. The molecule has 0 bridgehead atoms. The van der Waals surface area contributed by atoms with E-state index < -0.39 is 6.04 Å². The highest BCUT2D eigenvalue weighted by atomic mass is 127. The van der Waals surface area contributed by atoms with Gasteiger partial charge in [-0.2, -0.15) is 0 Å². The maximum Gasteiger partial charge on any atom is 0.319 e. The minimum atomic E-state index is -0.628. The average molecular weight is 507 g/mol. The van der Waals surface area contributed by atoms with E-state index in [2.05, 4.69) is 38.5 Å². The Kier molecular flexibility index (Phi) is 6.63. The molecule has 0 saturated carbocycles. The van der Waals surface area contributed by atoms with Gasteiger partial charge in [-0.05, 0) is 78.4 Å². The number of benzene rings is 2. The van der Waals surface area contributed by atoms with Crippen LogP contribution in [-0.2, 0) is 4.79 Å². The Morgan fingerprint density at radius 3 is 2.55 bits per heavy atom. The van der Waals surface area contributed by atoms with E-state index in [0.717, 1.165) is 3.57 Å². The fraction of sp³-hybridized carbons (Fsp3) is 0.238. The minimum absolute atomic E-state index is 0.297. The average Bonchev–Trinajstić information content (AvgIpc) is 2.69. The summed E-state index contributed by atoms with van der Waals surface area (Å²) in [4.78, 5) is 25.2. The molecule has 8 heteroatoms. The predicted octanol–water partition coefficient (Wildman–Crippen LogP) is 3.97. The van der Waals surface area contributed by atoms with Crippen molar-refractivity contribution in [1.82, 2.24) is 10.6 Å². The number of ether oxygens (including phenoxy) is 2. The van der Waals surface area contributed by atoms with Crippen LogP contribution in [0.3, 0.4) is 0 Å². The second-order valence-electron chi connectivity index (χ2n) is 6.37. The molecular weight excluding hydrogens is 485 g/mol. The lowest BCUT2D eigenvalue weighted by Crippen LogP contribution is -2.46. The molecule has 0 aliphatic carbocycles. The standard InChI is InChI=1S/C21H22IN3O4/c1-4-29-16-10-5-13(11-17(16)28-3)19-18(12(2)23-21(27)25-19)20(26)24-15-8-6-14(22)7-9-15/h5-11,19H,4H2,1-3H3,(H,24,26)(H2,23,25,27)/t19-/m0/s1. The van der Waals surface area contributed by atoms with Crippen molar-refractivity contribution in [2.45, 2.75) is 19.9 Å². The van der Waals surface area contributed by atoms with Crippen LogP contribution in [0.2, 0.25) is 0 Å². The van der Waals surface area contributed by atoms with Crippen LogP contribution in [0.5, 0.6) is 11.5 Å². The lowest BCUT2D eigenvalue weighted by atomic mass is 9.94. The number of amides is 3. The number of halogens is 1. The first-order valence-corrected chi connectivity index (χ1v) is 10.2. The summed E-state index contributed by atoms with van der Waals surface area (Å²) in [6.45, 7) is 4.10. The fourth-order valence-electron chi connectivity index (χ4n) is 3.12. The topological polar surface area (TPSA) is 88.7 Å². The zero-order chi connectivity index (χ0) is 21.0. The Labute approximate surface area is 183 Å². The van der Waals surface area contributed by atoms with Crippen LogP contribution >= 0.6 is 22.6 Å². The highest BCUT2D eigenvalue weighted by molar-refractivity contribution is 14.1.